The lowest BCUT2D eigenvalue weighted by Crippen LogP contribution is -2.56. The van der Waals surface area contributed by atoms with Crippen LogP contribution in [0.25, 0.3) is 0 Å². The standard InChI is InChI=1S/C27H38N4O4/c1-18(2)16-24(27(35)30-23(25(28)33)17-21-12-8-5-9-13-21)31-26(34)22(29-19(3)32)15-14-20-10-6-4-7-11-20/h4-6,8-10,12-13,18,22-24H,7,11,14-17H2,1-3H3,(H2,28,33)(H,29,32)(H,30,35)(H,31,34)/t22-,23-,24?/m0/s1. The smallest absolute Gasteiger partial charge is 0.243 e. The number of nitrogens with two attached hydrogens (primary N) is 1. The molecule has 0 heterocycles. The van der Waals surface area contributed by atoms with Gasteiger partial charge in [-0.2, -0.15) is 0 Å². The summed E-state index contributed by atoms with van der Waals surface area (Å²) >= 11 is 0. The van der Waals surface area contributed by atoms with E-state index in [1.807, 2.05) is 56.3 Å². The maximum absolute atomic E-state index is 13.1. The molecule has 8 nitrogen and oxygen atoms in total. The van der Waals surface area contributed by atoms with Crippen molar-refractivity contribution in [3.8, 4) is 0 Å². The SMILES string of the molecule is CC(=O)N[C@@H](CCC1=CC=CCC1)C(=O)NC(CC(C)C)C(=O)N[C@@H](Cc1ccccc1)C(N)=O. The summed E-state index contributed by atoms with van der Waals surface area (Å²) in [7, 11) is 0. The van der Waals surface area contributed by atoms with Crippen LogP contribution in [-0.2, 0) is 25.6 Å². The van der Waals surface area contributed by atoms with Crippen LogP contribution in [0.2, 0.25) is 0 Å². The van der Waals surface area contributed by atoms with Crippen molar-refractivity contribution >= 4 is 23.6 Å². The zero-order chi connectivity index (χ0) is 25.8. The number of amides is 4. The molecule has 0 radical (unpaired) electrons. The molecular formula is C27H38N4O4. The maximum atomic E-state index is 13.1. The molecule has 0 fully saturated rings. The van der Waals surface area contributed by atoms with Gasteiger partial charge in [-0.15, -0.1) is 0 Å². The van der Waals surface area contributed by atoms with Crippen molar-refractivity contribution in [3.63, 3.8) is 0 Å². The van der Waals surface area contributed by atoms with Crippen LogP contribution in [0.15, 0.2) is 54.1 Å². The Balaban J connectivity index is 2.09. The molecule has 0 aliphatic heterocycles. The molecule has 1 aromatic carbocycles. The molecule has 0 saturated carbocycles. The van der Waals surface area contributed by atoms with E-state index < -0.39 is 35.8 Å². The largest absolute Gasteiger partial charge is 0.368 e. The Hall–Kier alpha value is -3.42. The molecule has 0 spiro atoms. The van der Waals surface area contributed by atoms with Crippen molar-refractivity contribution in [2.75, 3.05) is 0 Å². The molecule has 1 aromatic rings. The first-order valence-corrected chi connectivity index (χ1v) is 12.2. The molecule has 1 aliphatic rings. The summed E-state index contributed by atoms with van der Waals surface area (Å²) in [6, 6.07) is 6.72. The summed E-state index contributed by atoms with van der Waals surface area (Å²) in [5, 5.41) is 8.21. The highest BCUT2D eigenvalue weighted by molar-refractivity contribution is 5.93. The van der Waals surface area contributed by atoms with E-state index >= 15 is 0 Å². The summed E-state index contributed by atoms with van der Waals surface area (Å²) in [6.07, 6.45) is 9.75. The van der Waals surface area contributed by atoms with Crippen molar-refractivity contribution < 1.29 is 19.2 Å². The van der Waals surface area contributed by atoms with Gasteiger partial charge >= 0.3 is 0 Å². The van der Waals surface area contributed by atoms with Crippen LogP contribution in [0.1, 0.15) is 58.4 Å². The second-order valence-corrected chi connectivity index (χ2v) is 9.43. The topological polar surface area (TPSA) is 130 Å². The van der Waals surface area contributed by atoms with Crippen molar-refractivity contribution in [2.24, 2.45) is 11.7 Å². The second-order valence-electron chi connectivity index (χ2n) is 9.43. The molecule has 0 saturated heterocycles. The van der Waals surface area contributed by atoms with E-state index in [0.29, 0.717) is 19.3 Å². The summed E-state index contributed by atoms with van der Waals surface area (Å²) in [4.78, 5) is 50.0. The number of rotatable bonds is 13. The molecule has 35 heavy (non-hydrogen) atoms. The van der Waals surface area contributed by atoms with Crippen LogP contribution in [0.5, 0.6) is 0 Å². The minimum Gasteiger partial charge on any atom is -0.368 e. The van der Waals surface area contributed by atoms with Crippen LogP contribution in [0.4, 0.5) is 0 Å². The predicted molar refractivity (Wildman–Crippen MR) is 136 cm³/mol. The monoisotopic (exact) mass is 482 g/mol. The van der Waals surface area contributed by atoms with Crippen LogP contribution in [0.3, 0.4) is 0 Å². The Kier molecular flexibility index (Phi) is 11.2. The third kappa shape index (κ3) is 10.2. The van der Waals surface area contributed by atoms with Crippen LogP contribution < -0.4 is 21.7 Å². The Morgan fingerprint density at radius 2 is 1.60 bits per heavy atom. The molecule has 0 bridgehead atoms. The lowest BCUT2D eigenvalue weighted by atomic mass is 9.97. The van der Waals surface area contributed by atoms with Gasteiger partial charge in [0.25, 0.3) is 0 Å². The van der Waals surface area contributed by atoms with E-state index in [2.05, 4.69) is 22.0 Å². The molecule has 4 amide bonds. The number of allylic oxidation sites excluding steroid dienone is 4. The van der Waals surface area contributed by atoms with Gasteiger partial charge in [0.15, 0.2) is 0 Å². The maximum Gasteiger partial charge on any atom is 0.243 e. The molecule has 8 heteroatoms. The van der Waals surface area contributed by atoms with Gasteiger partial charge in [0.05, 0.1) is 0 Å². The average molecular weight is 483 g/mol. The van der Waals surface area contributed by atoms with Crippen molar-refractivity contribution in [2.45, 2.75) is 77.4 Å². The molecule has 3 atom stereocenters. The molecule has 5 N–H and O–H groups in total. The lowest BCUT2D eigenvalue weighted by Gasteiger charge is -2.26. The Bertz CT molecular complexity index is 940. The second kappa shape index (κ2) is 14.1. The minimum absolute atomic E-state index is 0.102. The van der Waals surface area contributed by atoms with Gasteiger partial charge in [0.2, 0.25) is 23.6 Å². The Labute approximate surface area is 207 Å². The highest BCUT2D eigenvalue weighted by Gasteiger charge is 2.29. The number of carbonyl (C=O) groups excluding carboxylic acids is 4. The van der Waals surface area contributed by atoms with Gasteiger partial charge in [-0.1, -0.05) is 68.0 Å². The van der Waals surface area contributed by atoms with Crippen molar-refractivity contribution in [1.29, 1.82) is 0 Å². The van der Waals surface area contributed by atoms with E-state index in [4.69, 9.17) is 5.73 Å². The van der Waals surface area contributed by atoms with Crippen LogP contribution >= 0.6 is 0 Å². The van der Waals surface area contributed by atoms with Gasteiger partial charge in [0, 0.05) is 13.3 Å². The predicted octanol–water partition coefficient (Wildman–Crippen LogP) is 2.29. The molecule has 1 aliphatic carbocycles. The number of benzene rings is 1. The fraction of sp³-hybridized carbons (Fsp3) is 0.481. The first kappa shape index (κ1) is 27.8. The fourth-order valence-electron chi connectivity index (χ4n) is 4.02. The Morgan fingerprint density at radius 3 is 2.17 bits per heavy atom. The van der Waals surface area contributed by atoms with Gasteiger partial charge in [-0.25, -0.2) is 0 Å². The van der Waals surface area contributed by atoms with Gasteiger partial charge in [-0.3, -0.25) is 19.2 Å². The molecular weight excluding hydrogens is 444 g/mol. The highest BCUT2D eigenvalue weighted by Crippen LogP contribution is 2.18. The molecule has 0 aromatic heterocycles. The quantitative estimate of drug-likeness (QED) is 0.344. The highest BCUT2D eigenvalue weighted by atomic mass is 16.2. The number of hydrogen-bond acceptors (Lipinski definition) is 4. The third-order valence-electron chi connectivity index (χ3n) is 5.83. The van der Waals surface area contributed by atoms with Crippen molar-refractivity contribution in [3.05, 3.63) is 59.7 Å². The van der Waals surface area contributed by atoms with Gasteiger partial charge < -0.3 is 21.7 Å². The van der Waals surface area contributed by atoms with E-state index in [9.17, 15) is 19.2 Å². The zero-order valence-electron chi connectivity index (χ0n) is 20.9. The normalized spacial score (nSPS) is 15.5. The number of primary amides is 1. The first-order chi connectivity index (χ1) is 16.7. The van der Waals surface area contributed by atoms with Gasteiger partial charge in [-0.05, 0) is 43.6 Å². The summed E-state index contributed by atoms with van der Waals surface area (Å²) < 4.78 is 0. The minimum atomic E-state index is -0.908. The van der Waals surface area contributed by atoms with E-state index in [1.54, 1.807) is 0 Å². The summed E-state index contributed by atoms with van der Waals surface area (Å²) in [5.74, 6) is -1.77. The lowest BCUT2D eigenvalue weighted by molar-refractivity contribution is -0.133. The fourth-order valence-corrected chi connectivity index (χ4v) is 4.02. The summed E-state index contributed by atoms with van der Waals surface area (Å²) in [6.45, 7) is 5.24. The zero-order valence-corrected chi connectivity index (χ0v) is 20.9. The number of nitrogens with one attached hydrogen (secondary N) is 3. The van der Waals surface area contributed by atoms with E-state index in [1.165, 1.54) is 12.5 Å². The van der Waals surface area contributed by atoms with Crippen molar-refractivity contribution in [1.82, 2.24) is 16.0 Å². The van der Waals surface area contributed by atoms with Gasteiger partial charge in [0.1, 0.15) is 18.1 Å². The van der Waals surface area contributed by atoms with Crippen LogP contribution in [-0.4, -0.2) is 41.8 Å². The summed E-state index contributed by atoms with van der Waals surface area (Å²) in [5.41, 5.74) is 7.63. The third-order valence-corrected chi connectivity index (χ3v) is 5.83. The first-order valence-electron chi connectivity index (χ1n) is 12.2. The average Bonchev–Trinajstić information content (AvgIpc) is 2.81. The van der Waals surface area contributed by atoms with E-state index in [0.717, 1.165) is 18.4 Å². The molecule has 190 valence electrons. The Morgan fingerprint density at radius 1 is 0.943 bits per heavy atom. The number of hydrogen-bond donors (Lipinski definition) is 4. The molecule has 2 rings (SSSR count). The van der Waals surface area contributed by atoms with E-state index in [-0.39, 0.29) is 18.2 Å². The number of carbonyl (C=O) groups is 4. The molecule has 1 unspecified atom stereocenters. The van der Waals surface area contributed by atoms with Crippen LogP contribution in [0, 0.1) is 5.92 Å².